The maximum absolute atomic E-state index is 13.9. The van der Waals surface area contributed by atoms with Crippen LogP contribution in [-0.2, 0) is 11.3 Å². The molecular weight excluding hydrogens is 363 g/mol. The van der Waals surface area contributed by atoms with Gasteiger partial charge in [0.25, 0.3) is 0 Å². The molecular formula is C21H25FN2O2S. The van der Waals surface area contributed by atoms with E-state index in [1.165, 1.54) is 6.07 Å². The van der Waals surface area contributed by atoms with E-state index in [9.17, 15) is 9.18 Å². The molecule has 0 radical (unpaired) electrons. The van der Waals surface area contributed by atoms with Crippen molar-refractivity contribution in [1.29, 1.82) is 0 Å². The van der Waals surface area contributed by atoms with Gasteiger partial charge in [-0.3, -0.25) is 0 Å². The molecule has 0 saturated carbocycles. The van der Waals surface area contributed by atoms with Crippen molar-refractivity contribution in [3.8, 4) is 0 Å². The van der Waals surface area contributed by atoms with Crippen LogP contribution in [0.5, 0.6) is 0 Å². The number of ether oxygens (including phenoxy) is 1. The molecule has 2 rings (SSSR count). The third kappa shape index (κ3) is 5.04. The molecule has 0 unspecified atom stereocenters. The Labute approximate surface area is 165 Å². The van der Waals surface area contributed by atoms with E-state index in [4.69, 9.17) is 17.0 Å². The number of rotatable bonds is 5. The number of nitrogens with one attached hydrogen (secondary N) is 1. The lowest BCUT2D eigenvalue weighted by Gasteiger charge is -2.21. The lowest BCUT2D eigenvalue weighted by molar-refractivity contribution is 0.0468. The Morgan fingerprint density at radius 1 is 1.19 bits per heavy atom. The first kappa shape index (κ1) is 20.8. The molecule has 0 bridgehead atoms. The van der Waals surface area contributed by atoms with Crippen LogP contribution in [0.4, 0.5) is 10.1 Å². The van der Waals surface area contributed by atoms with E-state index in [0.29, 0.717) is 16.2 Å². The van der Waals surface area contributed by atoms with E-state index >= 15 is 0 Å². The van der Waals surface area contributed by atoms with Crippen molar-refractivity contribution in [1.82, 2.24) is 4.90 Å². The van der Waals surface area contributed by atoms with Crippen LogP contribution in [0.3, 0.4) is 0 Å². The molecule has 2 aromatic rings. The van der Waals surface area contributed by atoms with Crippen LogP contribution in [0, 0.1) is 26.6 Å². The number of hydrogen-bond donors (Lipinski definition) is 1. The normalized spacial score (nSPS) is 10.4. The molecule has 1 N–H and O–H groups in total. The Morgan fingerprint density at radius 2 is 1.89 bits per heavy atom. The smallest absolute Gasteiger partial charge is 0.338 e. The fraction of sp³-hybridized carbons (Fsp3) is 0.333. The molecule has 0 aliphatic heterocycles. The SMILES string of the molecule is CCN(C)C(=S)Nc1ccc(C(=O)OCc2ccc(C)cc2F)c(C)c1C. The summed E-state index contributed by atoms with van der Waals surface area (Å²) in [6.07, 6.45) is 0. The van der Waals surface area contributed by atoms with Gasteiger partial charge in [-0.25, -0.2) is 9.18 Å². The van der Waals surface area contributed by atoms with E-state index in [1.54, 1.807) is 24.3 Å². The van der Waals surface area contributed by atoms with Crippen LogP contribution in [0.15, 0.2) is 30.3 Å². The summed E-state index contributed by atoms with van der Waals surface area (Å²) in [6.45, 7) is 8.30. The van der Waals surface area contributed by atoms with E-state index in [1.807, 2.05) is 39.6 Å². The average Bonchev–Trinajstić information content (AvgIpc) is 2.63. The van der Waals surface area contributed by atoms with Crippen molar-refractivity contribution < 1.29 is 13.9 Å². The van der Waals surface area contributed by atoms with Crippen LogP contribution >= 0.6 is 12.2 Å². The molecule has 4 nitrogen and oxygen atoms in total. The van der Waals surface area contributed by atoms with Crippen LogP contribution in [0.1, 0.15) is 39.5 Å². The summed E-state index contributed by atoms with van der Waals surface area (Å²) >= 11 is 5.35. The summed E-state index contributed by atoms with van der Waals surface area (Å²) in [5, 5.41) is 3.81. The lowest BCUT2D eigenvalue weighted by atomic mass is 10.0. The zero-order valence-electron chi connectivity index (χ0n) is 16.4. The number of hydrogen-bond acceptors (Lipinski definition) is 3. The first-order valence-electron chi connectivity index (χ1n) is 8.79. The second-order valence-corrected chi connectivity index (χ2v) is 6.91. The molecule has 0 spiro atoms. The number of benzene rings is 2. The van der Waals surface area contributed by atoms with E-state index in [-0.39, 0.29) is 12.4 Å². The molecule has 2 aromatic carbocycles. The highest BCUT2D eigenvalue weighted by Crippen LogP contribution is 2.24. The molecule has 144 valence electrons. The molecule has 0 aromatic heterocycles. The van der Waals surface area contributed by atoms with Gasteiger partial charge in [-0.15, -0.1) is 0 Å². The first-order chi connectivity index (χ1) is 12.7. The molecule has 0 saturated heterocycles. The van der Waals surface area contributed by atoms with Crippen molar-refractivity contribution in [3.63, 3.8) is 0 Å². The molecule has 0 atom stereocenters. The standard InChI is InChI=1S/C21H25FN2O2S/c1-6-24(5)21(27)23-19-10-9-17(14(3)15(19)4)20(25)26-12-16-8-7-13(2)11-18(16)22/h7-11H,6,12H2,1-5H3,(H,23,27). The lowest BCUT2D eigenvalue weighted by Crippen LogP contribution is -2.31. The topological polar surface area (TPSA) is 41.6 Å². The third-order valence-corrected chi connectivity index (χ3v) is 5.05. The molecule has 27 heavy (non-hydrogen) atoms. The van der Waals surface area contributed by atoms with Crippen molar-refractivity contribution >= 4 is 29.0 Å². The summed E-state index contributed by atoms with van der Waals surface area (Å²) < 4.78 is 19.2. The van der Waals surface area contributed by atoms with Gasteiger partial charge in [0.2, 0.25) is 0 Å². The fourth-order valence-electron chi connectivity index (χ4n) is 2.52. The Hall–Kier alpha value is -2.47. The maximum Gasteiger partial charge on any atom is 0.338 e. The average molecular weight is 389 g/mol. The van der Waals surface area contributed by atoms with Gasteiger partial charge < -0.3 is 15.0 Å². The van der Waals surface area contributed by atoms with E-state index < -0.39 is 5.97 Å². The van der Waals surface area contributed by atoms with Gasteiger partial charge in [0, 0.05) is 24.8 Å². The predicted octanol–water partition coefficient (Wildman–Crippen LogP) is 4.76. The van der Waals surface area contributed by atoms with Crippen LogP contribution in [-0.4, -0.2) is 29.6 Å². The number of anilines is 1. The highest BCUT2D eigenvalue weighted by Gasteiger charge is 2.16. The number of esters is 1. The third-order valence-electron chi connectivity index (χ3n) is 4.64. The summed E-state index contributed by atoms with van der Waals surface area (Å²) in [6, 6.07) is 8.36. The molecule has 0 aliphatic rings. The largest absolute Gasteiger partial charge is 0.457 e. The van der Waals surface area contributed by atoms with Crippen molar-refractivity contribution in [2.24, 2.45) is 0 Å². The number of thiocarbonyl (C=S) groups is 1. The second kappa shape index (κ2) is 8.95. The Bertz CT molecular complexity index is 868. The fourth-order valence-corrected chi connectivity index (χ4v) is 2.76. The number of nitrogens with zero attached hydrogens (tertiary/aromatic N) is 1. The number of carbonyl (C=O) groups is 1. The van der Waals surface area contributed by atoms with Crippen molar-refractivity contribution in [2.75, 3.05) is 18.9 Å². The van der Waals surface area contributed by atoms with Crippen LogP contribution in [0.2, 0.25) is 0 Å². The monoisotopic (exact) mass is 388 g/mol. The zero-order valence-corrected chi connectivity index (χ0v) is 17.2. The minimum Gasteiger partial charge on any atom is -0.457 e. The minimum atomic E-state index is -0.477. The second-order valence-electron chi connectivity index (χ2n) is 6.53. The summed E-state index contributed by atoms with van der Waals surface area (Å²) in [4.78, 5) is 14.4. The highest BCUT2D eigenvalue weighted by atomic mass is 32.1. The summed E-state index contributed by atoms with van der Waals surface area (Å²) in [5.74, 6) is -0.848. The van der Waals surface area contributed by atoms with Gasteiger partial charge >= 0.3 is 5.97 Å². The van der Waals surface area contributed by atoms with Crippen molar-refractivity contribution in [3.05, 3.63) is 64.0 Å². The predicted molar refractivity (Wildman–Crippen MR) is 111 cm³/mol. The maximum atomic E-state index is 13.9. The Kier molecular flexibility index (Phi) is 6.91. The number of carbonyl (C=O) groups excluding carboxylic acids is 1. The highest BCUT2D eigenvalue weighted by molar-refractivity contribution is 7.80. The number of halogens is 1. The minimum absolute atomic E-state index is 0.102. The molecule has 6 heteroatoms. The van der Waals surface area contributed by atoms with E-state index in [0.717, 1.165) is 28.9 Å². The Morgan fingerprint density at radius 3 is 2.52 bits per heavy atom. The van der Waals surface area contributed by atoms with Gasteiger partial charge in [0.05, 0.1) is 5.56 Å². The van der Waals surface area contributed by atoms with Crippen molar-refractivity contribution in [2.45, 2.75) is 34.3 Å². The zero-order chi connectivity index (χ0) is 20.1. The first-order valence-corrected chi connectivity index (χ1v) is 9.19. The van der Waals surface area contributed by atoms with Gasteiger partial charge in [0.15, 0.2) is 5.11 Å². The van der Waals surface area contributed by atoms with E-state index in [2.05, 4.69) is 5.32 Å². The molecule has 0 aliphatic carbocycles. The Balaban J connectivity index is 2.12. The quantitative estimate of drug-likeness (QED) is 0.591. The van der Waals surface area contributed by atoms with Gasteiger partial charge in [-0.2, -0.15) is 0 Å². The number of aryl methyl sites for hydroxylation is 1. The van der Waals surface area contributed by atoms with Gasteiger partial charge in [-0.1, -0.05) is 12.1 Å². The molecule has 0 fully saturated rings. The van der Waals surface area contributed by atoms with Gasteiger partial charge in [-0.05, 0) is 74.8 Å². The summed E-state index contributed by atoms with van der Waals surface area (Å²) in [7, 11) is 1.91. The summed E-state index contributed by atoms with van der Waals surface area (Å²) in [5.41, 5.74) is 4.20. The molecule has 0 heterocycles. The van der Waals surface area contributed by atoms with Gasteiger partial charge in [0.1, 0.15) is 12.4 Å². The van der Waals surface area contributed by atoms with Crippen LogP contribution < -0.4 is 5.32 Å². The van der Waals surface area contributed by atoms with Crippen LogP contribution in [0.25, 0.3) is 0 Å². The molecule has 0 amide bonds.